The van der Waals surface area contributed by atoms with Gasteiger partial charge in [-0.15, -0.1) is 0 Å². The van der Waals surface area contributed by atoms with Crippen LogP contribution in [0.1, 0.15) is 37.7 Å². The molecule has 0 unspecified atom stereocenters. The molecule has 1 aromatic rings. The van der Waals surface area contributed by atoms with Crippen LogP contribution in [0.3, 0.4) is 0 Å². The largest absolute Gasteiger partial charge is 0.443 e. The molecule has 108 valence electrons. The van der Waals surface area contributed by atoms with E-state index in [0.717, 1.165) is 19.3 Å². The minimum Gasteiger partial charge on any atom is -0.443 e. The van der Waals surface area contributed by atoms with E-state index in [1.807, 2.05) is 0 Å². The molecular weight excluding hydrogens is 260 g/mol. The summed E-state index contributed by atoms with van der Waals surface area (Å²) in [5.74, 6) is 0. The summed E-state index contributed by atoms with van der Waals surface area (Å²) < 4.78 is 5.33. The number of nitrogens with zero attached hydrogens (tertiary/aromatic N) is 1. The van der Waals surface area contributed by atoms with E-state index in [1.165, 1.54) is 6.07 Å². The van der Waals surface area contributed by atoms with E-state index in [0.29, 0.717) is 24.8 Å². The van der Waals surface area contributed by atoms with E-state index in [-0.39, 0.29) is 5.69 Å². The lowest BCUT2D eigenvalue weighted by Gasteiger charge is -2.36. The van der Waals surface area contributed by atoms with Crippen molar-refractivity contribution in [1.29, 1.82) is 0 Å². The van der Waals surface area contributed by atoms with Gasteiger partial charge in [0.05, 0.1) is 4.92 Å². The zero-order chi connectivity index (χ0) is 14.6. The Labute approximate surface area is 117 Å². The van der Waals surface area contributed by atoms with Crippen molar-refractivity contribution in [2.24, 2.45) is 5.73 Å². The molecule has 0 heterocycles. The number of carbonyl (C=O) groups excluding carboxylic acids is 1. The molecule has 2 rings (SSSR count). The molecular formula is C14H18N2O4. The van der Waals surface area contributed by atoms with Crippen LogP contribution in [0.4, 0.5) is 10.5 Å². The molecule has 1 aliphatic rings. The highest BCUT2D eigenvalue weighted by atomic mass is 16.6. The smallest absolute Gasteiger partial charge is 0.405 e. The molecule has 0 aromatic heterocycles. The standard InChI is InChI=1S/C14H18N2O4/c15-13(17)20-14(8-4-1-5-9-14)10-11-6-2-3-7-12(11)16(18)19/h2-3,6-7H,1,4-5,8-10H2,(H2,15,17). The van der Waals surface area contributed by atoms with E-state index in [4.69, 9.17) is 10.5 Å². The predicted octanol–water partition coefficient (Wildman–Crippen LogP) is 2.94. The van der Waals surface area contributed by atoms with Crippen LogP contribution in [0.5, 0.6) is 0 Å². The van der Waals surface area contributed by atoms with Gasteiger partial charge in [-0.25, -0.2) is 4.79 Å². The number of primary amides is 1. The van der Waals surface area contributed by atoms with Crippen molar-refractivity contribution < 1.29 is 14.5 Å². The monoisotopic (exact) mass is 278 g/mol. The molecule has 0 bridgehead atoms. The summed E-state index contributed by atoms with van der Waals surface area (Å²) in [5.41, 5.74) is 5.11. The fourth-order valence-corrected chi connectivity index (χ4v) is 2.91. The number of hydrogen-bond donors (Lipinski definition) is 1. The minimum absolute atomic E-state index is 0.0607. The van der Waals surface area contributed by atoms with Crippen molar-refractivity contribution in [2.75, 3.05) is 0 Å². The lowest BCUT2D eigenvalue weighted by Crippen LogP contribution is -2.41. The Bertz CT molecular complexity index is 510. The fourth-order valence-electron chi connectivity index (χ4n) is 2.91. The van der Waals surface area contributed by atoms with Gasteiger partial charge in [-0.2, -0.15) is 0 Å². The zero-order valence-corrected chi connectivity index (χ0v) is 11.2. The Morgan fingerprint density at radius 2 is 1.95 bits per heavy atom. The number of para-hydroxylation sites is 1. The van der Waals surface area contributed by atoms with E-state index < -0.39 is 16.6 Å². The van der Waals surface area contributed by atoms with Crippen molar-refractivity contribution in [3.8, 4) is 0 Å². The number of benzene rings is 1. The third-order valence-corrected chi connectivity index (χ3v) is 3.78. The van der Waals surface area contributed by atoms with Crippen LogP contribution in [0.2, 0.25) is 0 Å². The van der Waals surface area contributed by atoms with Crippen LogP contribution in [0.25, 0.3) is 0 Å². The molecule has 1 aromatic carbocycles. The van der Waals surface area contributed by atoms with Crippen molar-refractivity contribution in [1.82, 2.24) is 0 Å². The maximum absolute atomic E-state index is 11.1. The Morgan fingerprint density at radius 3 is 2.55 bits per heavy atom. The molecule has 1 aliphatic carbocycles. The first-order chi connectivity index (χ1) is 9.52. The minimum atomic E-state index is -0.814. The number of amides is 1. The topological polar surface area (TPSA) is 95.5 Å². The number of hydrogen-bond acceptors (Lipinski definition) is 4. The first-order valence-electron chi connectivity index (χ1n) is 6.73. The number of nitrogens with two attached hydrogens (primary N) is 1. The van der Waals surface area contributed by atoms with E-state index in [1.54, 1.807) is 18.2 Å². The first kappa shape index (κ1) is 14.3. The second kappa shape index (κ2) is 5.90. The molecule has 0 radical (unpaired) electrons. The highest BCUT2D eigenvalue weighted by Gasteiger charge is 2.37. The summed E-state index contributed by atoms with van der Waals surface area (Å²) >= 11 is 0. The molecule has 0 atom stereocenters. The number of rotatable bonds is 4. The summed E-state index contributed by atoms with van der Waals surface area (Å²) in [6, 6.07) is 6.56. The third-order valence-electron chi connectivity index (χ3n) is 3.78. The molecule has 0 aliphatic heterocycles. The van der Waals surface area contributed by atoms with Gasteiger partial charge in [0.2, 0.25) is 0 Å². The van der Waals surface area contributed by atoms with Gasteiger partial charge in [0.25, 0.3) is 5.69 Å². The van der Waals surface area contributed by atoms with E-state index in [2.05, 4.69) is 0 Å². The second-order valence-electron chi connectivity index (χ2n) is 5.23. The molecule has 1 amide bonds. The molecule has 6 heteroatoms. The van der Waals surface area contributed by atoms with Gasteiger partial charge in [-0.3, -0.25) is 10.1 Å². The second-order valence-corrected chi connectivity index (χ2v) is 5.23. The molecule has 1 saturated carbocycles. The summed E-state index contributed by atoms with van der Waals surface area (Å²) in [5, 5.41) is 11.1. The fraction of sp³-hybridized carbons (Fsp3) is 0.500. The molecule has 1 fully saturated rings. The number of nitro groups is 1. The Kier molecular flexibility index (Phi) is 4.22. The predicted molar refractivity (Wildman–Crippen MR) is 73.3 cm³/mol. The van der Waals surface area contributed by atoms with E-state index >= 15 is 0 Å². The average molecular weight is 278 g/mol. The maximum Gasteiger partial charge on any atom is 0.405 e. The quantitative estimate of drug-likeness (QED) is 0.676. The van der Waals surface area contributed by atoms with Gasteiger partial charge in [0, 0.05) is 18.1 Å². The van der Waals surface area contributed by atoms with Crippen LogP contribution < -0.4 is 5.73 Å². The van der Waals surface area contributed by atoms with Crippen LogP contribution in [0, 0.1) is 10.1 Å². The third kappa shape index (κ3) is 3.26. The normalized spacial score (nSPS) is 17.4. The summed E-state index contributed by atoms with van der Waals surface area (Å²) in [6.07, 6.45) is 3.88. The van der Waals surface area contributed by atoms with Crippen LogP contribution in [-0.4, -0.2) is 16.6 Å². The van der Waals surface area contributed by atoms with Crippen molar-refractivity contribution in [3.05, 3.63) is 39.9 Å². The maximum atomic E-state index is 11.1. The van der Waals surface area contributed by atoms with Crippen LogP contribution >= 0.6 is 0 Å². The van der Waals surface area contributed by atoms with Gasteiger partial charge >= 0.3 is 6.09 Å². The highest BCUT2D eigenvalue weighted by Crippen LogP contribution is 2.36. The number of carbonyl (C=O) groups is 1. The first-order valence-corrected chi connectivity index (χ1v) is 6.73. The van der Waals surface area contributed by atoms with Crippen molar-refractivity contribution in [2.45, 2.75) is 44.1 Å². The van der Waals surface area contributed by atoms with Gasteiger partial charge in [-0.1, -0.05) is 24.6 Å². The Morgan fingerprint density at radius 1 is 1.30 bits per heavy atom. The van der Waals surface area contributed by atoms with Crippen molar-refractivity contribution >= 4 is 11.8 Å². The van der Waals surface area contributed by atoms with Gasteiger partial charge in [-0.05, 0) is 25.7 Å². The average Bonchev–Trinajstić information content (AvgIpc) is 2.39. The molecule has 2 N–H and O–H groups in total. The van der Waals surface area contributed by atoms with Gasteiger partial charge < -0.3 is 10.5 Å². The lowest BCUT2D eigenvalue weighted by molar-refractivity contribution is -0.385. The summed E-state index contributed by atoms with van der Waals surface area (Å²) in [6.45, 7) is 0. The number of ether oxygens (including phenoxy) is 1. The SMILES string of the molecule is NC(=O)OC1(Cc2ccccc2[N+](=O)[O-])CCCCC1. The molecule has 6 nitrogen and oxygen atoms in total. The van der Waals surface area contributed by atoms with Gasteiger partial charge in [0.15, 0.2) is 0 Å². The van der Waals surface area contributed by atoms with Crippen LogP contribution in [-0.2, 0) is 11.2 Å². The lowest BCUT2D eigenvalue weighted by atomic mass is 9.80. The summed E-state index contributed by atoms with van der Waals surface area (Å²) in [7, 11) is 0. The zero-order valence-electron chi connectivity index (χ0n) is 11.2. The highest BCUT2D eigenvalue weighted by molar-refractivity contribution is 5.65. The van der Waals surface area contributed by atoms with E-state index in [9.17, 15) is 14.9 Å². The summed E-state index contributed by atoms with van der Waals surface area (Å²) in [4.78, 5) is 21.8. The molecule has 20 heavy (non-hydrogen) atoms. The van der Waals surface area contributed by atoms with Crippen molar-refractivity contribution in [3.63, 3.8) is 0 Å². The Hall–Kier alpha value is -2.11. The Balaban J connectivity index is 2.28. The molecule has 0 spiro atoms. The van der Waals surface area contributed by atoms with Crippen LogP contribution in [0.15, 0.2) is 24.3 Å². The molecule has 0 saturated heterocycles. The van der Waals surface area contributed by atoms with Gasteiger partial charge in [0.1, 0.15) is 5.60 Å². The number of nitro benzene ring substituents is 1.